The molecule has 1 fully saturated rings. The van der Waals surface area contributed by atoms with E-state index in [0.717, 1.165) is 5.82 Å². The SMILES string of the molecule is C=C(/N=C\C)NC1CC1. The molecule has 0 amide bonds. The van der Waals surface area contributed by atoms with Gasteiger partial charge in [0.15, 0.2) is 0 Å². The lowest BCUT2D eigenvalue weighted by molar-refractivity contribution is 0.799. The second-order valence-corrected chi connectivity index (χ2v) is 2.25. The standard InChI is InChI=1S/C7H12N2/c1-3-8-6(2)9-7-4-5-7/h3,7,9H,2,4-5H2,1H3/b8-3-. The Labute approximate surface area is 55.7 Å². The van der Waals surface area contributed by atoms with Crippen molar-refractivity contribution in [2.24, 2.45) is 4.99 Å². The molecule has 0 heterocycles. The van der Waals surface area contributed by atoms with Gasteiger partial charge in [-0.2, -0.15) is 0 Å². The van der Waals surface area contributed by atoms with Crippen LogP contribution >= 0.6 is 0 Å². The molecular weight excluding hydrogens is 112 g/mol. The summed E-state index contributed by atoms with van der Waals surface area (Å²) in [5, 5.41) is 3.16. The van der Waals surface area contributed by atoms with E-state index in [9.17, 15) is 0 Å². The lowest BCUT2D eigenvalue weighted by Crippen LogP contribution is -2.12. The molecule has 9 heavy (non-hydrogen) atoms. The van der Waals surface area contributed by atoms with Crippen molar-refractivity contribution in [2.75, 3.05) is 0 Å². The molecule has 2 nitrogen and oxygen atoms in total. The minimum Gasteiger partial charge on any atom is -0.368 e. The van der Waals surface area contributed by atoms with Gasteiger partial charge in [-0.3, -0.25) is 0 Å². The van der Waals surface area contributed by atoms with Crippen LogP contribution in [0, 0.1) is 0 Å². The summed E-state index contributed by atoms with van der Waals surface area (Å²) in [4.78, 5) is 3.97. The number of hydrogen-bond donors (Lipinski definition) is 1. The Morgan fingerprint density at radius 2 is 2.44 bits per heavy atom. The zero-order valence-corrected chi connectivity index (χ0v) is 5.72. The van der Waals surface area contributed by atoms with E-state index < -0.39 is 0 Å². The fourth-order valence-corrected chi connectivity index (χ4v) is 0.656. The molecule has 1 aliphatic rings. The molecule has 0 radical (unpaired) electrons. The Bertz CT molecular complexity index is 134. The third-order valence-corrected chi connectivity index (χ3v) is 1.23. The molecule has 0 aromatic heterocycles. The predicted octanol–water partition coefficient (Wildman–Crippen LogP) is 1.30. The number of aliphatic imine (C=N–C) groups is 1. The lowest BCUT2D eigenvalue weighted by atomic mass is 10.6. The highest BCUT2D eigenvalue weighted by Gasteiger charge is 2.20. The molecule has 2 heteroatoms. The van der Waals surface area contributed by atoms with Crippen LogP contribution in [0.1, 0.15) is 19.8 Å². The van der Waals surface area contributed by atoms with Crippen molar-refractivity contribution in [1.82, 2.24) is 5.32 Å². The maximum absolute atomic E-state index is 3.97. The topological polar surface area (TPSA) is 24.4 Å². The molecule has 1 N–H and O–H groups in total. The van der Waals surface area contributed by atoms with Crippen LogP contribution in [-0.4, -0.2) is 12.3 Å². The largest absolute Gasteiger partial charge is 0.368 e. The molecule has 0 bridgehead atoms. The number of rotatable bonds is 3. The summed E-state index contributed by atoms with van der Waals surface area (Å²) in [6.45, 7) is 5.60. The zero-order chi connectivity index (χ0) is 6.69. The van der Waals surface area contributed by atoms with E-state index >= 15 is 0 Å². The Morgan fingerprint density at radius 1 is 1.78 bits per heavy atom. The van der Waals surface area contributed by atoms with Crippen molar-refractivity contribution >= 4 is 6.21 Å². The first-order valence-electron chi connectivity index (χ1n) is 3.27. The van der Waals surface area contributed by atoms with Crippen LogP contribution in [-0.2, 0) is 0 Å². The van der Waals surface area contributed by atoms with E-state index in [0.29, 0.717) is 6.04 Å². The number of nitrogens with one attached hydrogen (secondary N) is 1. The Hall–Kier alpha value is -0.790. The minimum absolute atomic E-state index is 0.668. The molecule has 50 valence electrons. The average Bonchev–Trinajstić information content (AvgIpc) is 2.50. The molecule has 0 unspecified atom stereocenters. The van der Waals surface area contributed by atoms with Gasteiger partial charge in [0.2, 0.25) is 0 Å². The van der Waals surface area contributed by atoms with Gasteiger partial charge in [-0.15, -0.1) is 0 Å². The summed E-state index contributed by atoms with van der Waals surface area (Å²) < 4.78 is 0. The van der Waals surface area contributed by atoms with E-state index in [4.69, 9.17) is 0 Å². The zero-order valence-electron chi connectivity index (χ0n) is 5.72. The first-order valence-corrected chi connectivity index (χ1v) is 3.27. The second kappa shape index (κ2) is 2.67. The van der Waals surface area contributed by atoms with E-state index in [1.165, 1.54) is 12.8 Å². The third kappa shape index (κ3) is 2.31. The highest BCUT2D eigenvalue weighted by molar-refractivity contribution is 5.54. The van der Waals surface area contributed by atoms with E-state index in [1.54, 1.807) is 6.21 Å². The Kier molecular flexibility index (Phi) is 1.88. The van der Waals surface area contributed by atoms with Gasteiger partial charge in [0, 0.05) is 12.3 Å². The Balaban J connectivity index is 2.17. The van der Waals surface area contributed by atoms with Gasteiger partial charge in [0.25, 0.3) is 0 Å². The molecule has 1 rings (SSSR count). The summed E-state index contributed by atoms with van der Waals surface area (Å²) in [7, 11) is 0. The van der Waals surface area contributed by atoms with Crippen LogP contribution in [0.25, 0.3) is 0 Å². The van der Waals surface area contributed by atoms with Crippen molar-refractivity contribution in [3.05, 3.63) is 12.4 Å². The summed E-state index contributed by atoms with van der Waals surface area (Å²) in [5.41, 5.74) is 0. The predicted molar refractivity (Wildman–Crippen MR) is 39.5 cm³/mol. The van der Waals surface area contributed by atoms with Crippen molar-refractivity contribution < 1.29 is 0 Å². The van der Waals surface area contributed by atoms with Gasteiger partial charge >= 0.3 is 0 Å². The van der Waals surface area contributed by atoms with Gasteiger partial charge in [0.05, 0.1) is 0 Å². The van der Waals surface area contributed by atoms with Gasteiger partial charge in [-0.1, -0.05) is 6.58 Å². The van der Waals surface area contributed by atoms with Crippen LogP contribution in [0.2, 0.25) is 0 Å². The fraction of sp³-hybridized carbons (Fsp3) is 0.571. The molecule has 0 aromatic carbocycles. The summed E-state index contributed by atoms with van der Waals surface area (Å²) in [5.74, 6) is 0.792. The van der Waals surface area contributed by atoms with Crippen LogP contribution < -0.4 is 5.32 Å². The monoisotopic (exact) mass is 124 g/mol. The first kappa shape index (κ1) is 6.33. The molecule has 0 spiro atoms. The van der Waals surface area contributed by atoms with Crippen LogP contribution in [0.4, 0.5) is 0 Å². The van der Waals surface area contributed by atoms with E-state index in [1.807, 2.05) is 6.92 Å². The van der Waals surface area contributed by atoms with Crippen LogP contribution in [0.5, 0.6) is 0 Å². The Morgan fingerprint density at radius 3 is 2.89 bits per heavy atom. The normalized spacial score (nSPS) is 18.3. The molecule has 1 aliphatic carbocycles. The van der Waals surface area contributed by atoms with Gasteiger partial charge in [0.1, 0.15) is 5.82 Å². The molecule has 0 aliphatic heterocycles. The highest BCUT2D eigenvalue weighted by Crippen LogP contribution is 2.19. The summed E-state index contributed by atoms with van der Waals surface area (Å²) >= 11 is 0. The quantitative estimate of drug-likeness (QED) is 0.563. The van der Waals surface area contributed by atoms with Crippen molar-refractivity contribution in [2.45, 2.75) is 25.8 Å². The van der Waals surface area contributed by atoms with Crippen molar-refractivity contribution in [3.8, 4) is 0 Å². The van der Waals surface area contributed by atoms with E-state index in [2.05, 4.69) is 16.9 Å². The minimum atomic E-state index is 0.668. The van der Waals surface area contributed by atoms with Crippen molar-refractivity contribution in [1.29, 1.82) is 0 Å². The molecule has 1 saturated carbocycles. The smallest absolute Gasteiger partial charge is 0.118 e. The number of nitrogens with zero attached hydrogens (tertiary/aromatic N) is 1. The van der Waals surface area contributed by atoms with Crippen molar-refractivity contribution in [3.63, 3.8) is 0 Å². The van der Waals surface area contributed by atoms with Gasteiger partial charge in [-0.05, 0) is 19.8 Å². The first-order chi connectivity index (χ1) is 4.33. The maximum Gasteiger partial charge on any atom is 0.118 e. The fourth-order valence-electron chi connectivity index (χ4n) is 0.656. The number of hydrogen-bond acceptors (Lipinski definition) is 2. The third-order valence-electron chi connectivity index (χ3n) is 1.23. The molecular formula is C7H12N2. The highest BCUT2D eigenvalue weighted by atomic mass is 15.1. The molecule has 0 saturated heterocycles. The van der Waals surface area contributed by atoms with Gasteiger partial charge < -0.3 is 5.32 Å². The summed E-state index contributed by atoms with van der Waals surface area (Å²) in [6.07, 6.45) is 4.30. The van der Waals surface area contributed by atoms with Crippen LogP contribution in [0.3, 0.4) is 0 Å². The molecule has 0 aromatic rings. The maximum atomic E-state index is 3.97. The molecule has 0 atom stereocenters. The lowest BCUT2D eigenvalue weighted by Gasteiger charge is -1.99. The van der Waals surface area contributed by atoms with E-state index in [-0.39, 0.29) is 0 Å². The second-order valence-electron chi connectivity index (χ2n) is 2.25. The van der Waals surface area contributed by atoms with Gasteiger partial charge in [-0.25, -0.2) is 4.99 Å². The summed E-state index contributed by atoms with van der Waals surface area (Å²) in [6, 6.07) is 0.668. The van der Waals surface area contributed by atoms with Crippen LogP contribution in [0.15, 0.2) is 17.4 Å². The average molecular weight is 124 g/mol.